The number of fused-ring (bicyclic) bond motifs is 2. The summed E-state index contributed by atoms with van der Waals surface area (Å²) in [6, 6.07) is 0. The Kier molecular flexibility index (Phi) is 1.25. The number of rotatable bonds is 1. The summed E-state index contributed by atoms with van der Waals surface area (Å²) in [7, 11) is 0. The minimum Gasteiger partial charge on any atom is -0.372 e. The second kappa shape index (κ2) is 1.95. The summed E-state index contributed by atoms with van der Waals surface area (Å²) in [5.74, 6) is -0.426. The van der Waals surface area contributed by atoms with Crippen molar-refractivity contribution in [3.05, 3.63) is 0 Å². The zero-order chi connectivity index (χ0) is 8.06. The summed E-state index contributed by atoms with van der Waals surface area (Å²) >= 11 is 0. The number of hydrogen-bond donors (Lipinski definition) is 2. The number of ether oxygens (including phenoxy) is 1. The molecule has 0 saturated carbocycles. The van der Waals surface area contributed by atoms with Gasteiger partial charge in [0.15, 0.2) is 0 Å². The number of carbonyl (C=O) groups is 1. The van der Waals surface area contributed by atoms with Crippen LogP contribution in [0.1, 0.15) is 19.3 Å². The van der Waals surface area contributed by atoms with Crippen LogP contribution in [0.25, 0.3) is 0 Å². The van der Waals surface area contributed by atoms with Gasteiger partial charge in [0.05, 0.1) is 12.2 Å². The van der Waals surface area contributed by atoms with Gasteiger partial charge in [0.1, 0.15) is 5.54 Å². The fourth-order valence-electron chi connectivity index (χ4n) is 2.00. The first-order chi connectivity index (χ1) is 5.13. The third-order valence-corrected chi connectivity index (χ3v) is 2.71. The topological polar surface area (TPSA) is 78.3 Å². The first-order valence-corrected chi connectivity index (χ1v) is 3.87. The highest BCUT2D eigenvalue weighted by Crippen LogP contribution is 2.39. The van der Waals surface area contributed by atoms with Crippen molar-refractivity contribution in [2.75, 3.05) is 0 Å². The maximum Gasteiger partial charge on any atom is 0.240 e. The maximum absolute atomic E-state index is 10.9. The molecule has 11 heavy (non-hydrogen) atoms. The first kappa shape index (κ1) is 7.06. The van der Waals surface area contributed by atoms with Crippen LogP contribution < -0.4 is 11.5 Å². The minimum absolute atomic E-state index is 0.120. The third kappa shape index (κ3) is 0.795. The van der Waals surface area contributed by atoms with Gasteiger partial charge in [0.25, 0.3) is 0 Å². The van der Waals surface area contributed by atoms with E-state index in [-0.39, 0.29) is 12.2 Å². The molecule has 2 aliphatic rings. The Morgan fingerprint density at radius 2 is 2.27 bits per heavy atom. The molecule has 3 unspecified atom stereocenters. The molecular weight excluding hydrogens is 144 g/mol. The van der Waals surface area contributed by atoms with Crippen LogP contribution in [-0.2, 0) is 9.53 Å². The molecular formula is C7H12N2O2. The molecule has 62 valence electrons. The van der Waals surface area contributed by atoms with Gasteiger partial charge < -0.3 is 16.2 Å². The predicted molar refractivity (Wildman–Crippen MR) is 38.6 cm³/mol. The van der Waals surface area contributed by atoms with E-state index in [1.807, 2.05) is 0 Å². The lowest BCUT2D eigenvalue weighted by Gasteiger charge is -2.26. The zero-order valence-electron chi connectivity index (χ0n) is 6.25. The van der Waals surface area contributed by atoms with Crippen molar-refractivity contribution in [3.63, 3.8) is 0 Å². The van der Waals surface area contributed by atoms with Crippen LogP contribution in [0.2, 0.25) is 0 Å². The number of hydrogen-bond acceptors (Lipinski definition) is 3. The smallest absolute Gasteiger partial charge is 0.240 e. The Morgan fingerprint density at radius 1 is 1.55 bits per heavy atom. The average molecular weight is 156 g/mol. The van der Waals surface area contributed by atoms with Gasteiger partial charge in [-0.15, -0.1) is 0 Å². The molecule has 4 N–H and O–H groups in total. The van der Waals surface area contributed by atoms with Crippen molar-refractivity contribution in [2.24, 2.45) is 11.5 Å². The van der Waals surface area contributed by atoms with E-state index in [0.717, 1.165) is 12.8 Å². The van der Waals surface area contributed by atoms with Crippen LogP contribution in [0.15, 0.2) is 0 Å². The van der Waals surface area contributed by atoms with E-state index in [1.165, 1.54) is 0 Å². The fraction of sp³-hybridized carbons (Fsp3) is 0.857. The third-order valence-electron chi connectivity index (χ3n) is 2.71. The van der Waals surface area contributed by atoms with E-state index in [0.29, 0.717) is 6.42 Å². The van der Waals surface area contributed by atoms with Crippen molar-refractivity contribution >= 4 is 5.91 Å². The van der Waals surface area contributed by atoms with Crippen LogP contribution in [0.4, 0.5) is 0 Å². The molecule has 4 nitrogen and oxygen atoms in total. The van der Waals surface area contributed by atoms with Crippen molar-refractivity contribution in [2.45, 2.75) is 37.0 Å². The largest absolute Gasteiger partial charge is 0.372 e. The number of primary amides is 1. The van der Waals surface area contributed by atoms with Crippen LogP contribution in [0.3, 0.4) is 0 Å². The van der Waals surface area contributed by atoms with Gasteiger partial charge in [-0.25, -0.2) is 0 Å². The molecule has 2 aliphatic heterocycles. The van der Waals surface area contributed by atoms with Gasteiger partial charge in [0.2, 0.25) is 5.91 Å². The second-order valence-corrected chi connectivity index (χ2v) is 3.43. The number of carbonyl (C=O) groups excluding carboxylic acids is 1. The lowest BCUT2D eigenvalue weighted by Crippen LogP contribution is -2.58. The summed E-state index contributed by atoms with van der Waals surface area (Å²) in [6.07, 6.45) is 2.57. The van der Waals surface area contributed by atoms with Gasteiger partial charge in [-0.2, -0.15) is 0 Å². The predicted octanol–water partition coefficient (Wildman–Crippen LogP) is -0.880. The second-order valence-electron chi connectivity index (χ2n) is 3.43. The highest BCUT2D eigenvalue weighted by Gasteiger charge is 2.53. The lowest BCUT2D eigenvalue weighted by molar-refractivity contribution is -0.124. The normalized spacial score (nSPS) is 48.1. The molecule has 1 amide bonds. The molecule has 0 radical (unpaired) electrons. The van der Waals surface area contributed by atoms with E-state index >= 15 is 0 Å². The first-order valence-electron chi connectivity index (χ1n) is 3.87. The van der Waals surface area contributed by atoms with Crippen molar-refractivity contribution in [3.8, 4) is 0 Å². The van der Waals surface area contributed by atoms with Crippen molar-refractivity contribution in [1.82, 2.24) is 0 Å². The van der Waals surface area contributed by atoms with E-state index in [2.05, 4.69) is 0 Å². The molecule has 2 fully saturated rings. The monoisotopic (exact) mass is 156 g/mol. The van der Waals surface area contributed by atoms with E-state index in [4.69, 9.17) is 16.2 Å². The quantitative estimate of drug-likeness (QED) is 0.517. The van der Waals surface area contributed by atoms with Crippen molar-refractivity contribution < 1.29 is 9.53 Å². The Labute approximate surface area is 64.9 Å². The maximum atomic E-state index is 10.9. The van der Waals surface area contributed by atoms with Gasteiger partial charge in [-0.1, -0.05) is 0 Å². The number of nitrogens with two attached hydrogens (primary N) is 2. The number of amides is 1. The molecule has 2 heterocycles. The molecule has 0 aromatic heterocycles. The summed E-state index contributed by atoms with van der Waals surface area (Å²) in [5.41, 5.74) is 10.1. The molecule has 3 atom stereocenters. The molecule has 0 spiro atoms. The highest BCUT2D eigenvalue weighted by atomic mass is 16.5. The molecule has 2 saturated heterocycles. The van der Waals surface area contributed by atoms with Gasteiger partial charge in [-0.3, -0.25) is 4.79 Å². The van der Waals surface area contributed by atoms with Crippen molar-refractivity contribution in [1.29, 1.82) is 0 Å². The van der Waals surface area contributed by atoms with Gasteiger partial charge in [0, 0.05) is 6.42 Å². The Morgan fingerprint density at radius 3 is 2.55 bits per heavy atom. The Bertz CT molecular complexity index is 207. The SMILES string of the molecule is NC(=O)C1(N)CC2CCC1O2. The van der Waals surface area contributed by atoms with Gasteiger partial charge >= 0.3 is 0 Å². The molecule has 2 rings (SSSR count). The van der Waals surface area contributed by atoms with Crippen LogP contribution in [0, 0.1) is 0 Å². The molecule has 2 bridgehead atoms. The zero-order valence-corrected chi connectivity index (χ0v) is 6.25. The molecule has 4 heteroatoms. The molecule has 0 aromatic rings. The van der Waals surface area contributed by atoms with Gasteiger partial charge in [-0.05, 0) is 12.8 Å². The molecule has 0 aliphatic carbocycles. The average Bonchev–Trinajstić information content (AvgIpc) is 2.45. The van der Waals surface area contributed by atoms with E-state index in [1.54, 1.807) is 0 Å². The van der Waals surface area contributed by atoms with Crippen LogP contribution >= 0.6 is 0 Å². The summed E-state index contributed by atoms with van der Waals surface area (Å²) < 4.78 is 5.42. The standard InChI is InChI=1S/C7H12N2O2/c8-6(10)7(9)3-4-1-2-5(7)11-4/h4-5H,1-3,9H2,(H2,8,10). The van der Waals surface area contributed by atoms with E-state index < -0.39 is 11.4 Å². The summed E-state index contributed by atoms with van der Waals surface area (Å²) in [5, 5.41) is 0. The molecule has 0 aromatic carbocycles. The van der Waals surface area contributed by atoms with E-state index in [9.17, 15) is 4.79 Å². The summed E-state index contributed by atoms with van der Waals surface area (Å²) in [4.78, 5) is 10.9. The minimum atomic E-state index is -0.872. The van der Waals surface area contributed by atoms with Crippen LogP contribution in [0.5, 0.6) is 0 Å². The highest BCUT2D eigenvalue weighted by molar-refractivity contribution is 5.85. The summed E-state index contributed by atoms with van der Waals surface area (Å²) in [6.45, 7) is 0. The lowest BCUT2D eigenvalue weighted by atomic mass is 9.82. The Hall–Kier alpha value is -0.610. The Balaban J connectivity index is 2.23. The van der Waals surface area contributed by atoms with Crippen LogP contribution in [-0.4, -0.2) is 23.7 Å². The fourth-order valence-corrected chi connectivity index (χ4v) is 2.00.